The molecule has 1 saturated carbocycles. The summed E-state index contributed by atoms with van der Waals surface area (Å²) in [6.07, 6.45) is -4.75. The normalized spacial score (nSPS) is 24.5. The smallest absolute Gasteiger partial charge is 0.373 e. The highest BCUT2D eigenvalue weighted by molar-refractivity contribution is 5.33. The molecule has 1 heterocycles. The van der Waals surface area contributed by atoms with Crippen LogP contribution in [0.4, 0.5) is 26.3 Å². The molecule has 8 heteroatoms. The maximum atomic E-state index is 13.2. The summed E-state index contributed by atoms with van der Waals surface area (Å²) < 4.78 is 85.4. The lowest BCUT2D eigenvalue weighted by atomic mass is 9.87. The summed E-state index contributed by atoms with van der Waals surface area (Å²) in [6, 6.07) is 11.6. The summed E-state index contributed by atoms with van der Waals surface area (Å²) >= 11 is 0. The second-order valence-electron chi connectivity index (χ2n) is 9.40. The van der Waals surface area contributed by atoms with Gasteiger partial charge in [-0.3, -0.25) is 0 Å². The quantitative estimate of drug-likeness (QED) is 0.399. The van der Waals surface area contributed by atoms with Crippen molar-refractivity contribution >= 4 is 0 Å². The van der Waals surface area contributed by atoms with Crippen molar-refractivity contribution in [3.05, 3.63) is 70.8 Å². The Morgan fingerprint density at radius 2 is 1.41 bits per heavy atom. The highest BCUT2D eigenvalue weighted by atomic mass is 19.4. The van der Waals surface area contributed by atoms with Crippen LogP contribution < -0.4 is 0 Å². The Bertz CT molecular complexity index is 904. The first-order chi connectivity index (χ1) is 16.1. The van der Waals surface area contributed by atoms with Gasteiger partial charge in [-0.05, 0) is 74.0 Å². The zero-order valence-corrected chi connectivity index (χ0v) is 18.8. The van der Waals surface area contributed by atoms with E-state index in [1.807, 2.05) is 30.3 Å². The van der Waals surface area contributed by atoms with Crippen LogP contribution >= 0.6 is 0 Å². The summed E-state index contributed by atoms with van der Waals surface area (Å²) in [4.78, 5) is 2.47. The first kappa shape index (κ1) is 25.0. The lowest BCUT2D eigenvalue weighted by Gasteiger charge is -2.33. The number of alkyl halides is 6. The van der Waals surface area contributed by atoms with Crippen LogP contribution in [0.3, 0.4) is 0 Å². The third-order valence-electron chi connectivity index (χ3n) is 6.97. The molecule has 0 bridgehead atoms. The molecule has 2 fully saturated rings. The average molecular weight is 486 g/mol. The number of benzene rings is 2. The fraction of sp³-hybridized carbons (Fsp3) is 0.538. The predicted molar refractivity (Wildman–Crippen MR) is 117 cm³/mol. The summed E-state index contributed by atoms with van der Waals surface area (Å²) in [5.74, 6) is 0.383. The van der Waals surface area contributed by atoms with Crippen LogP contribution in [0, 0.1) is 5.92 Å². The summed E-state index contributed by atoms with van der Waals surface area (Å²) in [5, 5.41) is 0. The number of hydrogen-bond acceptors (Lipinski definition) is 2. The molecular weight excluding hydrogens is 456 g/mol. The minimum atomic E-state index is -4.87. The van der Waals surface area contributed by atoms with Gasteiger partial charge in [0, 0.05) is 12.5 Å². The van der Waals surface area contributed by atoms with Crippen molar-refractivity contribution in [2.45, 2.75) is 63.1 Å². The Morgan fingerprint density at radius 3 is 2.00 bits per heavy atom. The van der Waals surface area contributed by atoms with Crippen LogP contribution in [0.15, 0.2) is 48.5 Å². The van der Waals surface area contributed by atoms with Gasteiger partial charge in [-0.1, -0.05) is 36.8 Å². The molecule has 3 atom stereocenters. The summed E-state index contributed by atoms with van der Waals surface area (Å²) in [7, 11) is 0. The maximum Gasteiger partial charge on any atom is 0.416 e. The summed E-state index contributed by atoms with van der Waals surface area (Å²) in [5.41, 5.74) is -1.63. The van der Waals surface area contributed by atoms with E-state index in [4.69, 9.17) is 4.74 Å². The van der Waals surface area contributed by atoms with Crippen LogP contribution in [0.5, 0.6) is 0 Å². The molecule has 0 amide bonds. The molecule has 0 radical (unpaired) electrons. The van der Waals surface area contributed by atoms with Crippen LogP contribution in [0.1, 0.15) is 60.3 Å². The number of halogens is 6. The van der Waals surface area contributed by atoms with Gasteiger partial charge >= 0.3 is 12.4 Å². The van der Waals surface area contributed by atoms with Gasteiger partial charge in [-0.15, -0.1) is 0 Å². The molecule has 0 N–H and O–H groups in total. The maximum absolute atomic E-state index is 13.2. The van der Waals surface area contributed by atoms with E-state index >= 15 is 0 Å². The van der Waals surface area contributed by atoms with Crippen molar-refractivity contribution in [2.75, 3.05) is 19.6 Å². The van der Waals surface area contributed by atoms with Crippen molar-refractivity contribution in [2.24, 2.45) is 5.92 Å². The fourth-order valence-corrected chi connectivity index (χ4v) is 5.37. The van der Waals surface area contributed by atoms with Gasteiger partial charge < -0.3 is 9.64 Å². The van der Waals surface area contributed by atoms with E-state index in [1.165, 1.54) is 19.3 Å². The monoisotopic (exact) mass is 485 g/mol. The zero-order chi connectivity index (χ0) is 24.3. The highest BCUT2D eigenvalue weighted by Crippen LogP contribution is 2.43. The Hall–Kier alpha value is -2.06. The van der Waals surface area contributed by atoms with Gasteiger partial charge in [0.1, 0.15) is 0 Å². The van der Waals surface area contributed by atoms with E-state index in [0.717, 1.165) is 50.2 Å². The molecule has 1 aliphatic heterocycles. The molecule has 0 unspecified atom stereocenters. The SMILES string of the molecule is FC(F)(F)c1cc(CO[C@H]2CC[C@@H](CN3CCCCC3)[C@@H]2c2ccccc2)cc(C(F)(F)F)c1. The molecule has 1 saturated heterocycles. The lowest BCUT2D eigenvalue weighted by Crippen LogP contribution is -2.36. The van der Waals surface area contributed by atoms with Crippen molar-refractivity contribution in [3.8, 4) is 0 Å². The average Bonchev–Trinajstić information content (AvgIpc) is 3.20. The van der Waals surface area contributed by atoms with Gasteiger partial charge in [0.15, 0.2) is 0 Å². The third-order valence-corrected chi connectivity index (χ3v) is 6.97. The molecule has 2 aromatic rings. The van der Waals surface area contributed by atoms with E-state index in [0.29, 0.717) is 5.92 Å². The van der Waals surface area contributed by atoms with Gasteiger partial charge in [0.05, 0.1) is 23.8 Å². The van der Waals surface area contributed by atoms with Gasteiger partial charge in [-0.2, -0.15) is 26.3 Å². The Morgan fingerprint density at radius 1 is 0.794 bits per heavy atom. The second-order valence-corrected chi connectivity index (χ2v) is 9.40. The number of ether oxygens (including phenoxy) is 1. The van der Waals surface area contributed by atoms with Gasteiger partial charge in [0.2, 0.25) is 0 Å². The van der Waals surface area contributed by atoms with Crippen molar-refractivity contribution in [3.63, 3.8) is 0 Å². The van der Waals surface area contributed by atoms with Crippen molar-refractivity contribution in [1.82, 2.24) is 4.90 Å². The largest absolute Gasteiger partial charge is 0.416 e. The number of likely N-dealkylation sites (tertiary alicyclic amines) is 1. The molecular formula is C26H29F6NO. The molecule has 2 aromatic carbocycles. The van der Waals surface area contributed by atoms with Crippen LogP contribution in [-0.2, 0) is 23.7 Å². The molecule has 4 rings (SSSR count). The van der Waals surface area contributed by atoms with E-state index < -0.39 is 23.5 Å². The topological polar surface area (TPSA) is 12.5 Å². The molecule has 186 valence electrons. The molecule has 34 heavy (non-hydrogen) atoms. The minimum absolute atomic E-state index is 0.0519. The minimum Gasteiger partial charge on any atom is -0.373 e. The fourth-order valence-electron chi connectivity index (χ4n) is 5.37. The standard InChI is InChI=1S/C26H29F6NO/c27-25(28,29)21-13-18(14-22(15-21)26(30,31)32)17-34-23-10-9-20(16-33-11-5-2-6-12-33)24(23)19-7-3-1-4-8-19/h1,3-4,7-8,13-15,20,23-24H,2,5-6,9-12,16-17H2/t20-,23-,24-/m0/s1. The van der Waals surface area contributed by atoms with E-state index in [-0.39, 0.29) is 30.3 Å². The Balaban J connectivity index is 1.53. The Labute approximate surface area is 195 Å². The molecule has 0 aromatic heterocycles. The lowest BCUT2D eigenvalue weighted by molar-refractivity contribution is -0.143. The first-order valence-electron chi connectivity index (χ1n) is 11.8. The molecule has 0 spiro atoms. The van der Waals surface area contributed by atoms with Crippen LogP contribution in [0.2, 0.25) is 0 Å². The third kappa shape index (κ3) is 6.13. The highest BCUT2D eigenvalue weighted by Gasteiger charge is 2.40. The van der Waals surface area contributed by atoms with Crippen LogP contribution in [-0.4, -0.2) is 30.6 Å². The molecule has 2 nitrogen and oxygen atoms in total. The van der Waals surface area contributed by atoms with Crippen LogP contribution in [0.25, 0.3) is 0 Å². The Kier molecular flexibility index (Phi) is 7.57. The molecule has 2 aliphatic rings. The van der Waals surface area contributed by atoms with Gasteiger partial charge in [-0.25, -0.2) is 0 Å². The molecule has 1 aliphatic carbocycles. The number of piperidine rings is 1. The van der Waals surface area contributed by atoms with E-state index in [9.17, 15) is 26.3 Å². The number of hydrogen-bond donors (Lipinski definition) is 0. The van der Waals surface area contributed by atoms with Crippen molar-refractivity contribution in [1.29, 1.82) is 0 Å². The second kappa shape index (κ2) is 10.3. The number of nitrogens with zero attached hydrogens (tertiary/aromatic N) is 1. The zero-order valence-electron chi connectivity index (χ0n) is 18.8. The van der Waals surface area contributed by atoms with Gasteiger partial charge in [0.25, 0.3) is 0 Å². The predicted octanol–water partition coefficient (Wildman–Crippen LogP) is 7.29. The van der Waals surface area contributed by atoms with E-state index in [2.05, 4.69) is 4.90 Å². The first-order valence-corrected chi connectivity index (χ1v) is 11.8. The summed E-state index contributed by atoms with van der Waals surface area (Å²) in [6.45, 7) is 2.76. The van der Waals surface area contributed by atoms with E-state index in [1.54, 1.807) is 0 Å². The van der Waals surface area contributed by atoms with Crippen molar-refractivity contribution < 1.29 is 31.1 Å². The number of rotatable bonds is 6.